The Bertz CT molecular complexity index is 393. The topological polar surface area (TPSA) is 85.2 Å². The number of aryl methyl sites for hydroxylation is 2. The van der Waals surface area contributed by atoms with Crippen molar-refractivity contribution in [1.82, 2.24) is 4.98 Å². The molecule has 0 unspecified atom stereocenters. The van der Waals surface area contributed by atoms with Crippen molar-refractivity contribution < 1.29 is 14.3 Å². The highest BCUT2D eigenvalue weighted by Gasteiger charge is 2.22. The Hall–Kier alpha value is -1.78. The van der Waals surface area contributed by atoms with Crippen molar-refractivity contribution in [2.75, 3.05) is 7.11 Å². The molecule has 0 aromatic carbocycles. The predicted molar refractivity (Wildman–Crippen MR) is 50.1 cm³/mol. The Morgan fingerprint density at radius 1 is 1.21 bits per heavy atom. The van der Waals surface area contributed by atoms with E-state index in [1.54, 1.807) is 13.8 Å². The number of hydrogen-bond donors (Lipinski definition) is 2. The fourth-order valence-corrected chi connectivity index (χ4v) is 1.45. The summed E-state index contributed by atoms with van der Waals surface area (Å²) in [4.78, 5) is 25.3. The number of amides is 1. The van der Waals surface area contributed by atoms with Crippen LogP contribution in [0.15, 0.2) is 0 Å². The number of aromatic nitrogens is 1. The van der Waals surface area contributed by atoms with Gasteiger partial charge in [-0.2, -0.15) is 0 Å². The minimum Gasteiger partial charge on any atom is -0.465 e. The Morgan fingerprint density at radius 3 is 2.14 bits per heavy atom. The first-order chi connectivity index (χ1) is 6.49. The molecule has 0 bridgehead atoms. The van der Waals surface area contributed by atoms with Crippen LogP contribution in [0.25, 0.3) is 0 Å². The highest BCUT2D eigenvalue weighted by atomic mass is 16.5. The molecular formula is C9H12N2O3. The first-order valence-corrected chi connectivity index (χ1v) is 4.06. The molecule has 1 amide bonds. The number of methoxy groups -OCH3 is 1. The highest BCUT2D eigenvalue weighted by Crippen LogP contribution is 2.18. The summed E-state index contributed by atoms with van der Waals surface area (Å²) >= 11 is 0. The SMILES string of the molecule is COC(=O)c1c(C)[nH]c(C)c1C(N)=O. The van der Waals surface area contributed by atoms with Gasteiger partial charge in [-0.1, -0.05) is 0 Å². The second kappa shape index (κ2) is 3.53. The monoisotopic (exact) mass is 196 g/mol. The fraction of sp³-hybridized carbons (Fsp3) is 0.333. The van der Waals surface area contributed by atoms with E-state index in [9.17, 15) is 9.59 Å². The summed E-state index contributed by atoms with van der Waals surface area (Å²) in [6, 6.07) is 0. The molecule has 3 N–H and O–H groups in total. The van der Waals surface area contributed by atoms with Crippen LogP contribution in [0.2, 0.25) is 0 Å². The van der Waals surface area contributed by atoms with Crippen LogP contribution in [0, 0.1) is 13.8 Å². The van der Waals surface area contributed by atoms with Crippen molar-refractivity contribution >= 4 is 11.9 Å². The summed E-state index contributed by atoms with van der Waals surface area (Å²) < 4.78 is 4.55. The summed E-state index contributed by atoms with van der Waals surface area (Å²) in [5, 5.41) is 0. The standard InChI is InChI=1S/C9H12N2O3/c1-4-6(8(10)12)7(5(2)11-4)9(13)14-3/h11H,1-3H3,(H2,10,12). The van der Waals surface area contributed by atoms with Crippen LogP contribution in [-0.4, -0.2) is 24.0 Å². The molecule has 5 nitrogen and oxygen atoms in total. The molecule has 0 aliphatic rings. The first-order valence-electron chi connectivity index (χ1n) is 4.06. The number of aromatic amines is 1. The van der Waals surface area contributed by atoms with Crippen LogP contribution in [0.1, 0.15) is 32.1 Å². The van der Waals surface area contributed by atoms with Gasteiger partial charge in [-0.3, -0.25) is 4.79 Å². The van der Waals surface area contributed by atoms with Crippen molar-refractivity contribution in [2.24, 2.45) is 5.73 Å². The number of carbonyl (C=O) groups excluding carboxylic acids is 2. The van der Waals surface area contributed by atoms with Gasteiger partial charge in [0.15, 0.2) is 0 Å². The molecule has 0 atom stereocenters. The van der Waals surface area contributed by atoms with Gasteiger partial charge < -0.3 is 15.5 Å². The van der Waals surface area contributed by atoms with Gasteiger partial charge in [-0.25, -0.2) is 4.79 Å². The zero-order chi connectivity index (χ0) is 10.9. The molecule has 0 radical (unpaired) electrons. The molecule has 0 spiro atoms. The van der Waals surface area contributed by atoms with Crippen LogP contribution in [-0.2, 0) is 4.74 Å². The second-order valence-corrected chi connectivity index (χ2v) is 2.98. The normalized spacial score (nSPS) is 9.93. The second-order valence-electron chi connectivity index (χ2n) is 2.98. The summed E-state index contributed by atoms with van der Waals surface area (Å²) in [7, 11) is 1.26. The van der Waals surface area contributed by atoms with Gasteiger partial charge in [-0.15, -0.1) is 0 Å². The number of carbonyl (C=O) groups is 2. The lowest BCUT2D eigenvalue weighted by Crippen LogP contribution is -2.16. The first kappa shape index (κ1) is 10.3. The van der Waals surface area contributed by atoms with Crippen molar-refractivity contribution in [3.8, 4) is 0 Å². The van der Waals surface area contributed by atoms with Crippen molar-refractivity contribution in [3.63, 3.8) is 0 Å². The maximum Gasteiger partial charge on any atom is 0.340 e. The molecular weight excluding hydrogens is 184 g/mol. The largest absolute Gasteiger partial charge is 0.465 e. The van der Waals surface area contributed by atoms with E-state index in [2.05, 4.69) is 9.72 Å². The van der Waals surface area contributed by atoms with E-state index >= 15 is 0 Å². The molecule has 1 aromatic rings. The molecule has 0 aliphatic carbocycles. The van der Waals surface area contributed by atoms with Gasteiger partial charge in [0.2, 0.25) is 0 Å². The maximum atomic E-state index is 11.3. The lowest BCUT2D eigenvalue weighted by Gasteiger charge is -2.00. The van der Waals surface area contributed by atoms with E-state index in [1.807, 2.05) is 0 Å². The number of nitrogens with two attached hydrogens (primary N) is 1. The number of esters is 1. The number of ether oxygens (including phenoxy) is 1. The average Bonchev–Trinajstić information content (AvgIpc) is 2.39. The van der Waals surface area contributed by atoms with Gasteiger partial charge >= 0.3 is 5.97 Å². The Kier molecular flexibility index (Phi) is 2.60. The molecule has 1 heterocycles. The highest BCUT2D eigenvalue weighted by molar-refractivity contribution is 6.06. The van der Waals surface area contributed by atoms with E-state index in [0.29, 0.717) is 11.4 Å². The molecule has 0 saturated heterocycles. The van der Waals surface area contributed by atoms with Crippen LogP contribution in [0.4, 0.5) is 0 Å². The molecule has 76 valence electrons. The average molecular weight is 196 g/mol. The Labute approximate surface area is 81.2 Å². The molecule has 5 heteroatoms. The van der Waals surface area contributed by atoms with Crippen molar-refractivity contribution in [2.45, 2.75) is 13.8 Å². The number of hydrogen-bond acceptors (Lipinski definition) is 3. The lowest BCUT2D eigenvalue weighted by atomic mass is 10.1. The van der Waals surface area contributed by atoms with E-state index in [4.69, 9.17) is 5.73 Å². The molecule has 0 fully saturated rings. The van der Waals surface area contributed by atoms with Crippen LogP contribution in [0.3, 0.4) is 0 Å². The third kappa shape index (κ3) is 1.48. The van der Waals surface area contributed by atoms with E-state index in [-0.39, 0.29) is 11.1 Å². The van der Waals surface area contributed by atoms with Gasteiger partial charge in [-0.05, 0) is 13.8 Å². The smallest absolute Gasteiger partial charge is 0.340 e. The van der Waals surface area contributed by atoms with Crippen LogP contribution in [0.5, 0.6) is 0 Å². The van der Waals surface area contributed by atoms with Gasteiger partial charge in [0.25, 0.3) is 5.91 Å². The van der Waals surface area contributed by atoms with E-state index in [0.717, 1.165) is 0 Å². The molecule has 1 rings (SSSR count). The van der Waals surface area contributed by atoms with E-state index in [1.165, 1.54) is 7.11 Å². The lowest BCUT2D eigenvalue weighted by molar-refractivity contribution is 0.0596. The zero-order valence-corrected chi connectivity index (χ0v) is 8.30. The third-order valence-corrected chi connectivity index (χ3v) is 2.01. The number of primary amides is 1. The van der Waals surface area contributed by atoms with Gasteiger partial charge in [0.1, 0.15) is 0 Å². The predicted octanol–water partition coefficient (Wildman–Crippen LogP) is 0.517. The van der Waals surface area contributed by atoms with Crippen LogP contribution < -0.4 is 5.73 Å². The Morgan fingerprint density at radius 2 is 1.71 bits per heavy atom. The van der Waals surface area contributed by atoms with E-state index < -0.39 is 11.9 Å². The summed E-state index contributed by atoms with van der Waals surface area (Å²) in [5.41, 5.74) is 6.74. The minimum absolute atomic E-state index is 0.203. The summed E-state index contributed by atoms with van der Waals surface area (Å²) in [6.45, 7) is 3.37. The number of H-pyrrole nitrogens is 1. The van der Waals surface area contributed by atoms with Crippen molar-refractivity contribution in [1.29, 1.82) is 0 Å². The third-order valence-electron chi connectivity index (χ3n) is 2.01. The van der Waals surface area contributed by atoms with Crippen molar-refractivity contribution in [3.05, 3.63) is 22.5 Å². The molecule has 14 heavy (non-hydrogen) atoms. The maximum absolute atomic E-state index is 11.3. The summed E-state index contributed by atoms with van der Waals surface area (Å²) in [6.07, 6.45) is 0. The molecule has 0 aliphatic heterocycles. The zero-order valence-electron chi connectivity index (χ0n) is 8.30. The van der Waals surface area contributed by atoms with Gasteiger partial charge in [0.05, 0.1) is 18.2 Å². The Balaban J connectivity index is 3.39. The van der Waals surface area contributed by atoms with Gasteiger partial charge in [0, 0.05) is 11.4 Å². The minimum atomic E-state index is -0.632. The quantitative estimate of drug-likeness (QED) is 0.676. The summed E-state index contributed by atoms with van der Waals surface area (Å²) in [5.74, 6) is -1.19. The number of nitrogens with one attached hydrogen (secondary N) is 1. The number of rotatable bonds is 2. The fourth-order valence-electron chi connectivity index (χ4n) is 1.45. The van der Waals surface area contributed by atoms with Crippen LogP contribution >= 0.6 is 0 Å². The molecule has 0 saturated carbocycles. The molecule has 1 aromatic heterocycles.